The summed E-state index contributed by atoms with van der Waals surface area (Å²) >= 11 is 0. The smallest absolute Gasteiger partial charge is 0.297 e. The van der Waals surface area contributed by atoms with Crippen molar-refractivity contribution in [1.29, 1.82) is 0 Å². The Morgan fingerprint density at radius 2 is 1.33 bits per heavy atom. The van der Waals surface area contributed by atoms with Gasteiger partial charge >= 0.3 is 0 Å². The van der Waals surface area contributed by atoms with E-state index in [0.29, 0.717) is 0 Å². The zero-order chi connectivity index (χ0) is 33.6. The average Bonchev–Trinajstić information content (AvgIpc) is 3.78. The molecule has 4 aliphatic rings. The predicted octanol–water partition coefficient (Wildman–Crippen LogP) is 9.88. The van der Waals surface area contributed by atoms with Crippen LogP contribution in [0.5, 0.6) is 0 Å². The van der Waals surface area contributed by atoms with Crippen LogP contribution in [0.25, 0.3) is 38.5 Å². The van der Waals surface area contributed by atoms with Crippen LogP contribution in [0.1, 0.15) is 45.1 Å². The van der Waals surface area contributed by atoms with E-state index in [-0.39, 0.29) is 17.7 Å². The molecule has 4 nitrogen and oxygen atoms in total. The van der Waals surface area contributed by atoms with Crippen molar-refractivity contribution in [1.82, 2.24) is 4.57 Å². The van der Waals surface area contributed by atoms with Crippen LogP contribution < -0.4 is 26.4 Å². The lowest BCUT2D eigenvalue weighted by Crippen LogP contribution is -2.63. The van der Waals surface area contributed by atoms with Crippen molar-refractivity contribution in [2.24, 2.45) is 0 Å². The second-order valence-corrected chi connectivity index (χ2v) is 15.6. The van der Waals surface area contributed by atoms with E-state index in [1.165, 1.54) is 85.7 Å². The summed E-state index contributed by atoms with van der Waals surface area (Å²) in [4.78, 5) is 5.22. The number of benzene rings is 6. The molecule has 51 heavy (non-hydrogen) atoms. The zero-order valence-corrected chi connectivity index (χ0v) is 28.9. The van der Waals surface area contributed by atoms with Crippen molar-refractivity contribution in [3.63, 3.8) is 0 Å². The molecule has 244 valence electrons. The Hall–Kier alpha value is -5.68. The summed E-state index contributed by atoms with van der Waals surface area (Å²) in [6.45, 7) is 5.12. The highest BCUT2D eigenvalue weighted by Crippen LogP contribution is 2.62. The van der Waals surface area contributed by atoms with E-state index in [1.807, 2.05) is 0 Å². The summed E-state index contributed by atoms with van der Waals surface area (Å²) in [7, 11) is 0. The van der Waals surface area contributed by atoms with E-state index in [0.717, 1.165) is 29.0 Å². The first-order valence-corrected chi connectivity index (χ1v) is 18.5. The van der Waals surface area contributed by atoms with Crippen molar-refractivity contribution >= 4 is 84.5 Å². The topological polar surface area (TPSA) is 24.6 Å². The molecule has 5 heterocycles. The normalized spacial score (nSPS) is 20.9. The summed E-state index contributed by atoms with van der Waals surface area (Å²) in [5.41, 5.74) is 16.2. The lowest BCUT2D eigenvalue weighted by atomic mass is 9.36. The summed E-state index contributed by atoms with van der Waals surface area (Å²) < 4.78 is 9.63. The second kappa shape index (κ2) is 9.55. The van der Waals surface area contributed by atoms with Crippen molar-refractivity contribution in [3.05, 3.63) is 139 Å². The van der Waals surface area contributed by atoms with Crippen molar-refractivity contribution in [2.75, 3.05) is 9.80 Å². The van der Waals surface area contributed by atoms with Crippen molar-refractivity contribution in [3.8, 4) is 5.69 Å². The van der Waals surface area contributed by atoms with Gasteiger partial charge in [-0.2, -0.15) is 0 Å². The Morgan fingerprint density at radius 3 is 2.12 bits per heavy atom. The van der Waals surface area contributed by atoms with Gasteiger partial charge in [0.25, 0.3) is 6.71 Å². The average molecular weight is 658 g/mol. The zero-order valence-electron chi connectivity index (χ0n) is 28.9. The molecule has 0 N–H and O–H groups in total. The van der Waals surface area contributed by atoms with Crippen LogP contribution in [0, 0.1) is 0 Å². The number of hydrogen-bond acceptors (Lipinski definition) is 3. The highest BCUT2D eigenvalue weighted by molar-refractivity contribution is 7.00. The van der Waals surface area contributed by atoms with Gasteiger partial charge in [-0.3, -0.25) is 0 Å². The van der Waals surface area contributed by atoms with Gasteiger partial charge in [-0.25, -0.2) is 0 Å². The lowest BCUT2D eigenvalue weighted by molar-refractivity contribution is 0.195. The standard InChI is InChI=1S/C46H36BN3O/c1-45-25-13-14-26-46(45,2)50-38-27-31(48(29-15-5-3-6-16-29)30-17-7-4-8-18-30)23-24-36(38)47-40-41-34(28-35(45)43(40)50)32-19-9-11-21-37(32)49(41)42-33-20-10-12-22-39(33)51-44(42)47/h3-12,15-24,27-28H,13-14,25-26H2,1-2H3. The van der Waals surface area contributed by atoms with Crippen molar-refractivity contribution in [2.45, 2.75) is 50.5 Å². The number of rotatable bonds is 3. The molecule has 0 bridgehead atoms. The van der Waals surface area contributed by atoms with E-state index in [1.54, 1.807) is 0 Å². The van der Waals surface area contributed by atoms with Crippen molar-refractivity contribution < 1.29 is 4.42 Å². The van der Waals surface area contributed by atoms with Gasteiger partial charge in [0.05, 0.1) is 27.9 Å². The molecule has 2 aromatic heterocycles. The Bertz CT molecular complexity index is 2730. The molecule has 8 aromatic rings. The monoisotopic (exact) mass is 657 g/mol. The van der Waals surface area contributed by atoms with Gasteiger partial charge in [-0.1, -0.05) is 92.6 Å². The minimum absolute atomic E-state index is 0.00332. The van der Waals surface area contributed by atoms with E-state index < -0.39 is 0 Å². The first kappa shape index (κ1) is 28.1. The molecule has 0 spiro atoms. The summed E-state index contributed by atoms with van der Waals surface area (Å²) in [6, 6.07) is 49.1. The third-order valence-corrected chi connectivity index (χ3v) is 13.3. The van der Waals surface area contributed by atoms with Crippen LogP contribution in [0.2, 0.25) is 0 Å². The molecule has 1 fully saturated rings. The molecule has 6 aromatic carbocycles. The molecule has 0 saturated heterocycles. The predicted molar refractivity (Wildman–Crippen MR) is 213 cm³/mol. The minimum Gasteiger partial charge on any atom is -0.468 e. The number of aromatic nitrogens is 1. The Balaban J connectivity index is 1.23. The van der Waals surface area contributed by atoms with Gasteiger partial charge in [0.1, 0.15) is 5.58 Å². The number of para-hydroxylation sites is 4. The molecule has 0 radical (unpaired) electrons. The number of furan rings is 1. The Labute approximate surface area is 297 Å². The Kier molecular flexibility index (Phi) is 5.26. The maximum atomic E-state index is 7.08. The molecule has 3 aliphatic heterocycles. The third-order valence-electron chi connectivity index (χ3n) is 13.3. The fourth-order valence-corrected chi connectivity index (χ4v) is 10.8. The minimum atomic E-state index is -0.0691. The quantitative estimate of drug-likeness (QED) is 0.177. The fraction of sp³-hybridized carbons (Fsp3) is 0.174. The largest absolute Gasteiger partial charge is 0.468 e. The van der Waals surface area contributed by atoms with Crippen LogP contribution in [-0.4, -0.2) is 16.8 Å². The maximum Gasteiger partial charge on any atom is 0.297 e. The molecule has 1 aliphatic carbocycles. The second-order valence-electron chi connectivity index (χ2n) is 15.6. The number of hydrogen-bond donors (Lipinski definition) is 0. The highest BCUT2D eigenvalue weighted by Gasteiger charge is 2.62. The van der Waals surface area contributed by atoms with E-state index in [9.17, 15) is 0 Å². The van der Waals surface area contributed by atoms with Gasteiger partial charge < -0.3 is 18.8 Å². The molecular weight excluding hydrogens is 621 g/mol. The third kappa shape index (κ3) is 3.29. The van der Waals surface area contributed by atoms with Gasteiger partial charge in [-0.15, -0.1) is 0 Å². The molecule has 1 saturated carbocycles. The number of nitrogens with zero attached hydrogens (tertiary/aromatic N) is 3. The number of fused-ring (bicyclic) bond motifs is 14. The van der Waals surface area contributed by atoms with E-state index >= 15 is 0 Å². The summed E-state index contributed by atoms with van der Waals surface area (Å²) in [6.07, 6.45) is 4.85. The molecule has 0 amide bonds. The first-order valence-electron chi connectivity index (χ1n) is 18.5. The molecule has 2 atom stereocenters. The lowest BCUT2D eigenvalue weighted by Gasteiger charge is -2.52. The van der Waals surface area contributed by atoms with Gasteiger partial charge in [-0.05, 0) is 96.9 Å². The Morgan fingerprint density at radius 1 is 0.647 bits per heavy atom. The molecule has 5 heteroatoms. The number of anilines is 5. The summed E-state index contributed by atoms with van der Waals surface area (Å²) in [5, 5.41) is 3.87. The van der Waals surface area contributed by atoms with Crippen LogP contribution in [0.3, 0.4) is 0 Å². The van der Waals surface area contributed by atoms with Crippen LogP contribution in [0.4, 0.5) is 28.4 Å². The molecule has 12 rings (SSSR count). The molecular formula is C46H36BN3O. The fourth-order valence-electron chi connectivity index (χ4n) is 10.8. The van der Waals surface area contributed by atoms with Gasteiger partial charge in [0.15, 0.2) is 0 Å². The first-order chi connectivity index (χ1) is 25.1. The molecule has 2 unspecified atom stereocenters. The van der Waals surface area contributed by atoms with Crippen LogP contribution >= 0.6 is 0 Å². The SMILES string of the molecule is CC12CCCCC1(C)N1c3cc(N(c4ccccc4)c4ccccc4)ccc3B3c4oc5ccccc5c4-n4c5ccccc5c5cc2c1c3c54. The maximum absolute atomic E-state index is 7.08. The summed E-state index contributed by atoms with van der Waals surface area (Å²) in [5.74, 6) is 0. The van der Waals surface area contributed by atoms with Gasteiger partial charge in [0, 0.05) is 50.0 Å². The van der Waals surface area contributed by atoms with Crippen LogP contribution in [0.15, 0.2) is 138 Å². The highest BCUT2D eigenvalue weighted by atomic mass is 16.3. The van der Waals surface area contributed by atoms with E-state index in [2.05, 4.69) is 162 Å². The van der Waals surface area contributed by atoms with E-state index in [4.69, 9.17) is 4.42 Å². The van der Waals surface area contributed by atoms with Gasteiger partial charge in [0.2, 0.25) is 0 Å². The van der Waals surface area contributed by atoms with Crippen LogP contribution in [-0.2, 0) is 5.41 Å².